The van der Waals surface area contributed by atoms with Gasteiger partial charge in [0, 0.05) is 19.1 Å². The van der Waals surface area contributed by atoms with Crippen LogP contribution in [0.4, 0.5) is 14.5 Å². The lowest BCUT2D eigenvalue weighted by Crippen LogP contribution is -2.14. The molecule has 3 N–H and O–H groups in total. The SMILES string of the molecule is O=C(CCCO)Nc1cc(C(=O)O)c(F)cc1F. The number of hydrogen-bond donors (Lipinski definition) is 3. The molecular weight excluding hydrogens is 248 g/mol. The number of rotatable bonds is 5. The maximum atomic E-state index is 13.3. The largest absolute Gasteiger partial charge is 0.478 e. The first kappa shape index (κ1) is 14.0. The van der Waals surface area contributed by atoms with Crippen LogP contribution < -0.4 is 5.32 Å². The number of aliphatic hydroxyl groups excluding tert-OH is 1. The average Bonchev–Trinajstić information content (AvgIpc) is 2.29. The summed E-state index contributed by atoms with van der Waals surface area (Å²) in [6, 6.07) is 1.11. The van der Waals surface area contributed by atoms with Crippen LogP contribution in [0.15, 0.2) is 12.1 Å². The van der Waals surface area contributed by atoms with Crippen molar-refractivity contribution in [3.8, 4) is 0 Å². The van der Waals surface area contributed by atoms with Gasteiger partial charge in [0.05, 0.1) is 11.3 Å². The summed E-state index contributed by atoms with van der Waals surface area (Å²) in [5.41, 5.74) is -1.13. The summed E-state index contributed by atoms with van der Waals surface area (Å²) in [6.07, 6.45) is 0.149. The molecule has 0 unspecified atom stereocenters. The van der Waals surface area contributed by atoms with Gasteiger partial charge in [-0.25, -0.2) is 13.6 Å². The number of nitrogens with one attached hydrogen (secondary N) is 1. The quantitative estimate of drug-likeness (QED) is 0.745. The molecule has 0 saturated carbocycles. The molecule has 0 aliphatic rings. The van der Waals surface area contributed by atoms with Crippen LogP contribution in [0.5, 0.6) is 0 Å². The predicted octanol–water partition coefficient (Wildman–Crippen LogP) is 1.37. The van der Waals surface area contributed by atoms with Crippen LogP contribution in [0.25, 0.3) is 0 Å². The molecule has 0 heterocycles. The topological polar surface area (TPSA) is 86.6 Å². The summed E-state index contributed by atoms with van der Waals surface area (Å²) in [4.78, 5) is 21.9. The number of carbonyl (C=O) groups is 2. The number of carboxylic acid groups (broad SMARTS) is 1. The minimum atomic E-state index is -1.56. The van der Waals surface area contributed by atoms with Crippen LogP contribution in [0.2, 0.25) is 0 Å². The second-order valence-electron chi connectivity index (χ2n) is 3.49. The Kier molecular flexibility index (Phi) is 4.73. The monoisotopic (exact) mass is 259 g/mol. The summed E-state index contributed by atoms with van der Waals surface area (Å²) in [7, 11) is 0. The molecule has 0 aromatic heterocycles. The Morgan fingerprint density at radius 1 is 1.22 bits per heavy atom. The fourth-order valence-corrected chi connectivity index (χ4v) is 1.26. The van der Waals surface area contributed by atoms with Crippen molar-refractivity contribution in [3.05, 3.63) is 29.3 Å². The zero-order chi connectivity index (χ0) is 13.7. The van der Waals surface area contributed by atoms with Gasteiger partial charge in [0.1, 0.15) is 11.6 Å². The molecule has 0 fully saturated rings. The van der Waals surface area contributed by atoms with Crippen molar-refractivity contribution in [1.82, 2.24) is 0 Å². The minimum Gasteiger partial charge on any atom is -0.478 e. The predicted molar refractivity (Wildman–Crippen MR) is 58.3 cm³/mol. The van der Waals surface area contributed by atoms with Gasteiger partial charge in [-0.05, 0) is 12.5 Å². The molecule has 5 nitrogen and oxygen atoms in total. The minimum absolute atomic E-state index is 0.0459. The van der Waals surface area contributed by atoms with E-state index < -0.39 is 34.8 Å². The number of amides is 1. The third-order valence-corrected chi connectivity index (χ3v) is 2.12. The van der Waals surface area contributed by atoms with Gasteiger partial charge in [-0.1, -0.05) is 0 Å². The number of halogens is 2. The van der Waals surface area contributed by atoms with Gasteiger partial charge in [0.15, 0.2) is 0 Å². The van der Waals surface area contributed by atoms with Crippen molar-refractivity contribution < 1.29 is 28.6 Å². The Hall–Kier alpha value is -2.02. The highest BCUT2D eigenvalue weighted by Crippen LogP contribution is 2.20. The third-order valence-electron chi connectivity index (χ3n) is 2.12. The van der Waals surface area contributed by atoms with E-state index in [1.807, 2.05) is 0 Å². The summed E-state index contributed by atoms with van der Waals surface area (Å²) in [6.45, 7) is -0.195. The number of aromatic carboxylic acids is 1. The van der Waals surface area contributed by atoms with E-state index in [4.69, 9.17) is 10.2 Å². The standard InChI is InChI=1S/C11H11F2NO4/c12-7-5-8(13)9(4-6(7)11(17)18)14-10(16)2-1-3-15/h4-5,15H,1-3H2,(H,14,16)(H,17,18). The van der Waals surface area contributed by atoms with E-state index in [-0.39, 0.29) is 19.4 Å². The Morgan fingerprint density at radius 2 is 1.89 bits per heavy atom. The van der Waals surface area contributed by atoms with Crippen molar-refractivity contribution in [3.63, 3.8) is 0 Å². The summed E-state index contributed by atoms with van der Waals surface area (Å²) in [5.74, 6) is -4.42. The van der Waals surface area contributed by atoms with Crippen LogP contribution in [0.3, 0.4) is 0 Å². The lowest BCUT2D eigenvalue weighted by Gasteiger charge is -2.07. The number of carbonyl (C=O) groups excluding carboxylic acids is 1. The Labute approximate surface area is 101 Å². The fourth-order valence-electron chi connectivity index (χ4n) is 1.26. The molecule has 0 aliphatic heterocycles. The normalized spacial score (nSPS) is 10.2. The maximum absolute atomic E-state index is 13.3. The molecule has 18 heavy (non-hydrogen) atoms. The van der Waals surface area contributed by atoms with E-state index in [2.05, 4.69) is 5.32 Å². The lowest BCUT2D eigenvalue weighted by atomic mass is 10.1. The number of hydrogen-bond acceptors (Lipinski definition) is 3. The molecule has 0 spiro atoms. The summed E-state index contributed by atoms with van der Waals surface area (Å²) in [5, 5.41) is 19.3. The van der Waals surface area contributed by atoms with Gasteiger partial charge in [-0.3, -0.25) is 4.79 Å². The highest BCUT2D eigenvalue weighted by atomic mass is 19.1. The highest BCUT2D eigenvalue weighted by Gasteiger charge is 2.16. The maximum Gasteiger partial charge on any atom is 0.338 e. The molecule has 98 valence electrons. The van der Waals surface area contributed by atoms with Crippen molar-refractivity contribution in [2.24, 2.45) is 0 Å². The molecular formula is C11H11F2NO4. The van der Waals surface area contributed by atoms with Crippen molar-refractivity contribution in [2.75, 3.05) is 11.9 Å². The number of carboxylic acids is 1. The summed E-state index contributed by atoms with van der Waals surface area (Å²) < 4.78 is 26.3. The van der Waals surface area contributed by atoms with Gasteiger partial charge >= 0.3 is 5.97 Å². The molecule has 1 amide bonds. The lowest BCUT2D eigenvalue weighted by molar-refractivity contribution is -0.116. The molecule has 1 aromatic rings. The van der Waals surface area contributed by atoms with Crippen molar-refractivity contribution >= 4 is 17.6 Å². The Balaban J connectivity index is 2.92. The molecule has 7 heteroatoms. The third kappa shape index (κ3) is 3.49. The zero-order valence-electron chi connectivity index (χ0n) is 9.24. The van der Waals surface area contributed by atoms with Gasteiger partial charge in [0.2, 0.25) is 5.91 Å². The first-order valence-corrected chi connectivity index (χ1v) is 5.08. The van der Waals surface area contributed by atoms with Crippen LogP contribution in [-0.2, 0) is 4.79 Å². The molecule has 0 saturated heterocycles. The molecule has 0 bridgehead atoms. The molecule has 1 rings (SSSR count). The van der Waals surface area contributed by atoms with Gasteiger partial charge < -0.3 is 15.5 Å². The smallest absolute Gasteiger partial charge is 0.338 e. The average molecular weight is 259 g/mol. The van der Waals surface area contributed by atoms with E-state index in [9.17, 15) is 18.4 Å². The van der Waals surface area contributed by atoms with E-state index >= 15 is 0 Å². The fraction of sp³-hybridized carbons (Fsp3) is 0.273. The zero-order valence-corrected chi connectivity index (χ0v) is 9.24. The van der Waals surface area contributed by atoms with Gasteiger partial charge in [-0.15, -0.1) is 0 Å². The van der Waals surface area contributed by atoms with Gasteiger partial charge in [0.25, 0.3) is 0 Å². The molecule has 0 radical (unpaired) electrons. The van der Waals surface area contributed by atoms with Crippen LogP contribution in [-0.4, -0.2) is 28.7 Å². The second-order valence-corrected chi connectivity index (χ2v) is 3.49. The van der Waals surface area contributed by atoms with Crippen LogP contribution in [0.1, 0.15) is 23.2 Å². The first-order valence-electron chi connectivity index (χ1n) is 5.08. The van der Waals surface area contributed by atoms with E-state index in [1.165, 1.54) is 0 Å². The van der Waals surface area contributed by atoms with Gasteiger partial charge in [-0.2, -0.15) is 0 Å². The molecule has 1 aromatic carbocycles. The van der Waals surface area contributed by atoms with Crippen molar-refractivity contribution in [1.29, 1.82) is 0 Å². The van der Waals surface area contributed by atoms with E-state index in [0.29, 0.717) is 12.1 Å². The summed E-state index contributed by atoms with van der Waals surface area (Å²) >= 11 is 0. The van der Waals surface area contributed by atoms with E-state index in [1.54, 1.807) is 0 Å². The number of anilines is 1. The first-order chi connectivity index (χ1) is 8.45. The molecule has 0 aliphatic carbocycles. The Morgan fingerprint density at radius 3 is 2.44 bits per heavy atom. The van der Waals surface area contributed by atoms with E-state index in [0.717, 1.165) is 0 Å². The second kappa shape index (κ2) is 6.06. The van der Waals surface area contributed by atoms with Crippen LogP contribution >= 0.6 is 0 Å². The Bertz CT molecular complexity index is 476. The number of benzene rings is 1. The van der Waals surface area contributed by atoms with Crippen molar-refractivity contribution in [2.45, 2.75) is 12.8 Å². The molecule has 0 atom stereocenters. The number of aliphatic hydroxyl groups is 1. The highest BCUT2D eigenvalue weighted by molar-refractivity contribution is 5.94. The van der Waals surface area contributed by atoms with Crippen LogP contribution in [0, 0.1) is 11.6 Å².